The standard InChI is InChI=1S/C12H26N2O3S/c1-4-14(11(2)9-17-3)18(15,16)10-12-7-5-6-8-13-12/h11-13H,4-10H2,1-3H3. The Labute approximate surface area is 111 Å². The predicted octanol–water partition coefficient (Wildman–Crippen LogP) is 0.815. The minimum Gasteiger partial charge on any atom is -0.383 e. The van der Waals surface area contributed by atoms with Crippen LogP contribution in [-0.2, 0) is 14.8 Å². The fraction of sp³-hybridized carbons (Fsp3) is 1.00. The van der Waals surface area contributed by atoms with Crippen LogP contribution in [0.25, 0.3) is 0 Å². The van der Waals surface area contributed by atoms with Crippen molar-refractivity contribution >= 4 is 10.0 Å². The second kappa shape index (κ2) is 7.43. The van der Waals surface area contributed by atoms with Crippen molar-refractivity contribution < 1.29 is 13.2 Å². The number of hydrogen-bond donors (Lipinski definition) is 1. The van der Waals surface area contributed by atoms with E-state index >= 15 is 0 Å². The second-order valence-electron chi connectivity index (χ2n) is 4.93. The minimum atomic E-state index is -3.20. The van der Waals surface area contributed by atoms with Crippen LogP contribution >= 0.6 is 0 Å². The predicted molar refractivity (Wildman–Crippen MR) is 73.1 cm³/mol. The Balaban J connectivity index is 2.63. The third kappa shape index (κ3) is 4.50. The van der Waals surface area contributed by atoms with Crippen molar-refractivity contribution in [2.45, 2.75) is 45.2 Å². The fourth-order valence-electron chi connectivity index (χ4n) is 2.52. The number of ether oxygens (including phenoxy) is 1. The lowest BCUT2D eigenvalue weighted by Crippen LogP contribution is -2.47. The number of methoxy groups -OCH3 is 1. The van der Waals surface area contributed by atoms with Gasteiger partial charge < -0.3 is 10.1 Å². The van der Waals surface area contributed by atoms with Crippen LogP contribution in [0.15, 0.2) is 0 Å². The van der Waals surface area contributed by atoms with E-state index in [4.69, 9.17) is 4.74 Å². The molecule has 2 atom stereocenters. The van der Waals surface area contributed by atoms with Gasteiger partial charge in [0, 0.05) is 25.7 Å². The van der Waals surface area contributed by atoms with Gasteiger partial charge in [0.2, 0.25) is 10.0 Å². The maximum absolute atomic E-state index is 12.4. The molecule has 0 aromatic rings. The first kappa shape index (κ1) is 15.9. The van der Waals surface area contributed by atoms with Gasteiger partial charge in [-0.05, 0) is 26.3 Å². The molecule has 1 aliphatic heterocycles. The highest BCUT2D eigenvalue weighted by molar-refractivity contribution is 7.89. The third-order valence-corrected chi connectivity index (χ3v) is 5.55. The van der Waals surface area contributed by atoms with Gasteiger partial charge in [-0.25, -0.2) is 8.42 Å². The molecule has 18 heavy (non-hydrogen) atoms. The molecule has 1 saturated heterocycles. The zero-order valence-corrected chi connectivity index (χ0v) is 12.5. The number of likely N-dealkylation sites (N-methyl/N-ethyl adjacent to an activating group) is 1. The molecule has 0 aliphatic carbocycles. The number of piperidine rings is 1. The molecular weight excluding hydrogens is 252 g/mol. The van der Waals surface area contributed by atoms with Gasteiger partial charge in [0.25, 0.3) is 0 Å². The molecule has 0 aromatic heterocycles. The molecule has 0 amide bonds. The molecule has 0 saturated carbocycles. The zero-order chi connectivity index (χ0) is 13.6. The fourth-order valence-corrected chi connectivity index (χ4v) is 4.51. The maximum Gasteiger partial charge on any atom is 0.215 e. The number of rotatable bonds is 7. The number of nitrogens with zero attached hydrogens (tertiary/aromatic N) is 1. The molecule has 108 valence electrons. The van der Waals surface area contributed by atoms with E-state index < -0.39 is 10.0 Å². The number of hydrogen-bond acceptors (Lipinski definition) is 4. The number of sulfonamides is 1. The average Bonchev–Trinajstić information content (AvgIpc) is 2.30. The van der Waals surface area contributed by atoms with Crippen molar-refractivity contribution in [2.75, 3.05) is 32.6 Å². The van der Waals surface area contributed by atoms with Gasteiger partial charge in [-0.1, -0.05) is 13.3 Å². The Bertz CT molecular complexity index is 326. The molecule has 6 heteroatoms. The molecule has 2 unspecified atom stereocenters. The molecular formula is C12H26N2O3S. The molecule has 0 spiro atoms. The summed E-state index contributed by atoms with van der Waals surface area (Å²) in [5.74, 6) is 0.203. The summed E-state index contributed by atoms with van der Waals surface area (Å²) in [4.78, 5) is 0. The SMILES string of the molecule is CCN(C(C)COC)S(=O)(=O)CC1CCCCN1. The van der Waals surface area contributed by atoms with Crippen molar-refractivity contribution in [3.8, 4) is 0 Å². The molecule has 0 bridgehead atoms. The highest BCUT2D eigenvalue weighted by atomic mass is 32.2. The lowest BCUT2D eigenvalue weighted by atomic mass is 10.1. The van der Waals surface area contributed by atoms with Gasteiger partial charge in [-0.2, -0.15) is 4.31 Å². The van der Waals surface area contributed by atoms with E-state index in [0.717, 1.165) is 25.8 Å². The summed E-state index contributed by atoms with van der Waals surface area (Å²) in [6, 6.07) is 0.00105. The molecule has 5 nitrogen and oxygen atoms in total. The Morgan fingerprint density at radius 1 is 1.44 bits per heavy atom. The topological polar surface area (TPSA) is 58.6 Å². The maximum atomic E-state index is 12.4. The van der Waals surface area contributed by atoms with E-state index in [-0.39, 0.29) is 17.8 Å². The van der Waals surface area contributed by atoms with Gasteiger partial charge >= 0.3 is 0 Å². The van der Waals surface area contributed by atoms with Crippen LogP contribution < -0.4 is 5.32 Å². The monoisotopic (exact) mass is 278 g/mol. The molecule has 0 radical (unpaired) electrons. The summed E-state index contributed by atoms with van der Waals surface area (Å²) in [6.45, 7) is 5.63. The van der Waals surface area contributed by atoms with E-state index in [1.807, 2.05) is 13.8 Å². The molecule has 1 N–H and O–H groups in total. The molecule has 1 fully saturated rings. The van der Waals surface area contributed by atoms with E-state index in [2.05, 4.69) is 5.32 Å². The Hall–Kier alpha value is -0.170. The first-order chi connectivity index (χ1) is 8.51. The molecule has 1 heterocycles. The van der Waals surface area contributed by atoms with Crippen LogP contribution in [0.3, 0.4) is 0 Å². The van der Waals surface area contributed by atoms with Gasteiger partial charge in [-0.3, -0.25) is 0 Å². The van der Waals surface area contributed by atoms with Crippen molar-refractivity contribution in [2.24, 2.45) is 0 Å². The van der Waals surface area contributed by atoms with Crippen LogP contribution in [-0.4, -0.2) is 57.4 Å². The smallest absolute Gasteiger partial charge is 0.215 e. The zero-order valence-electron chi connectivity index (χ0n) is 11.7. The lowest BCUT2D eigenvalue weighted by Gasteiger charge is -2.30. The summed E-state index contributed by atoms with van der Waals surface area (Å²) >= 11 is 0. The Morgan fingerprint density at radius 2 is 2.17 bits per heavy atom. The van der Waals surface area contributed by atoms with E-state index in [1.165, 1.54) is 0 Å². The summed E-state index contributed by atoms with van der Waals surface area (Å²) in [7, 11) is -1.61. The van der Waals surface area contributed by atoms with Gasteiger partial charge in [0.1, 0.15) is 0 Å². The minimum absolute atomic E-state index is 0.103. The summed E-state index contributed by atoms with van der Waals surface area (Å²) in [5, 5.41) is 3.29. The first-order valence-corrected chi connectivity index (χ1v) is 8.34. The largest absolute Gasteiger partial charge is 0.383 e. The summed E-state index contributed by atoms with van der Waals surface area (Å²) in [6.07, 6.45) is 3.22. The Kier molecular flexibility index (Phi) is 6.55. The lowest BCUT2D eigenvalue weighted by molar-refractivity contribution is 0.142. The Morgan fingerprint density at radius 3 is 2.67 bits per heavy atom. The molecule has 0 aromatic carbocycles. The van der Waals surface area contributed by atoms with Crippen LogP contribution in [0.5, 0.6) is 0 Å². The normalized spacial score (nSPS) is 23.2. The van der Waals surface area contributed by atoms with Crippen molar-refractivity contribution in [3.63, 3.8) is 0 Å². The highest BCUT2D eigenvalue weighted by Crippen LogP contribution is 2.14. The summed E-state index contributed by atoms with van der Waals surface area (Å²) < 4.78 is 31.4. The third-order valence-electron chi connectivity index (χ3n) is 3.39. The van der Waals surface area contributed by atoms with Crippen LogP contribution in [0.2, 0.25) is 0 Å². The van der Waals surface area contributed by atoms with E-state index in [0.29, 0.717) is 13.2 Å². The van der Waals surface area contributed by atoms with Gasteiger partial charge in [-0.15, -0.1) is 0 Å². The van der Waals surface area contributed by atoms with Crippen LogP contribution in [0.1, 0.15) is 33.1 Å². The van der Waals surface area contributed by atoms with Crippen molar-refractivity contribution in [1.82, 2.24) is 9.62 Å². The van der Waals surface area contributed by atoms with Crippen molar-refractivity contribution in [3.05, 3.63) is 0 Å². The quantitative estimate of drug-likeness (QED) is 0.749. The highest BCUT2D eigenvalue weighted by Gasteiger charge is 2.29. The van der Waals surface area contributed by atoms with Crippen molar-refractivity contribution in [1.29, 1.82) is 0 Å². The molecule has 1 aliphatic rings. The first-order valence-electron chi connectivity index (χ1n) is 6.73. The van der Waals surface area contributed by atoms with Crippen LogP contribution in [0, 0.1) is 0 Å². The van der Waals surface area contributed by atoms with Gasteiger partial charge in [0.15, 0.2) is 0 Å². The van der Waals surface area contributed by atoms with Crippen LogP contribution in [0.4, 0.5) is 0 Å². The number of nitrogens with one attached hydrogen (secondary N) is 1. The summed E-state index contributed by atoms with van der Waals surface area (Å²) in [5.41, 5.74) is 0. The average molecular weight is 278 g/mol. The van der Waals surface area contributed by atoms with E-state index in [9.17, 15) is 8.42 Å². The van der Waals surface area contributed by atoms with Gasteiger partial charge in [0.05, 0.1) is 12.4 Å². The van der Waals surface area contributed by atoms with E-state index in [1.54, 1.807) is 11.4 Å². The molecule has 1 rings (SSSR count). The second-order valence-corrected chi connectivity index (χ2v) is 6.90.